The molecule has 0 aliphatic carbocycles. The van der Waals surface area contributed by atoms with Crippen molar-refractivity contribution in [1.29, 1.82) is 0 Å². The Bertz CT molecular complexity index is 562. The molecule has 1 fully saturated rings. The highest BCUT2D eigenvalue weighted by molar-refractivity contribution is 7.98. The van der Waals surface area contributed by atoms with Crippen LogP contribution < -0.4 is 15.5 Å². The molecule has 1 unspecified atom stereocenters. The molecule has 0 spiro atoms. The Hall–Kier alpha value is -1.57. The fourth-order valence-electron chi connectivity index (χ4n) is 2.65. The number of likely N-dealkylation sites (N-methyl/N-ethyl adjacent to an activating group) is 1. The molecule has 1 saturated heterocycles. The van der Waals surface area contributed by atoms with Gasteiger partial charge in [-0.2, -0.15) is 0 Å². The number of ether oxygens (including phenoxy) is 1. The van der Waals surface area contributed by atoms with Crippen molar-refractivity contribution in [3.63, 3.8) is 0 Å². The number of anilines is 1. The Balaban J connectivity index is 1.71. The minimum atomic E-state index is -0.0964. The summed E-state index contributed by atoms with van der Waals surface area (Å²) in [4.78, 5) is 25.9. The lowest BCUT2D eigenvalue weighted by molar-refractivity contribution is -0.862. The molecule has 24 heavy (non-hydrogen) atoms. The van der Waals surface area contributed by atoms with E-state index < -0.39 is 0 Å². The average molecular weight is 352 g/mol. The highest BCUT2D eigenvalue weighted by Gasteiger charge is 2.18. The lowest BCUT2D eigenvalue weighted by Crippen LogP contribution is -3.11. The number of quaternary nitrogens is 1. The molecular weight excluding hydrogens is 326 g/mol. The van der Waals surface area contributed by atoms with Gasteiger partial charge in [0.15, 0.2) is 13.1 Å². The zero-order valence-electron chi connectivity index (χ0n) is 14.3. The van der Waals surface area contributed by atoms with Crippen molar-refractivity contribution in [2.45, 2.75) is 23.8 Å². The number of benzene rings is 1. The third-order valence-electron chi connectivity index (χ3n) is 3.86. The number of carbonyl (C=O) groups excluding carboxylic acids is 2. The molecule has 2 rings (SSSR count). The highest BCUT2D eigenvalue weighted by Crippen LogP contribution is 2.24. The second-order valence-electron chi connectivity index (χ2n) is 6.00. The number of carbonyl (C=O) groups is 2. The number of hydrogen-bond acceptors (Lipinski definition) is 4. The highest BCUT2D eigenvalue weighted by atomic mass is 32.2. The molecule has 1 aliphatic rings. The van der Waals surface area contributed by atoms with Crippen molar-refractivity contribution in [2.24, 2.45) is 0 Å². The Morgan fingerprint density at radius 2 is 2.04 bits per heavy atom. The van der Waals surface area contributed by atoms with Crippen LogP contribution in [0.15, 0.2) is 29.2 Å². The smallest absolute Gasteiger partial charge is 0.279 e. The van der Waals surface area contributed by atoms with Crippen molar-refractivity contribution in [3.8, 4) is 0 Å². The minimum Gasteiger partial charge on any atom is -0.376 e. The van der Waals surface area contributed by atoms with Crippen molar-refractivity contribution in [3.05, 3.63) is 24.3 Å². The van der Waals surface area contributed by atoms with Crippen LogP contribution in [0.3, 0.4) is 0 Å². The third-order valence-corrected chi connectivity index (χ3v) is 4.65. The first-order valence-electron chi connectivity index (χ1n) is 8.21. The van der Waals surface area contributed by atoms with E-state index in [9.17, 15) is 9.59 Å². The number of thioether (sulfide) groups is 1. The van der Waals surface area contributed by atoms with Gasteiger partial charge in [0.05, 0.1) is 18.8 Å². The van der Waals surface area contributed by atoms with Crippen molar-refractivity contribution < 1.29 is 19.2 Å². The molecule has 1 heterocycles. The maximum Gasteiger partial charge on any atom is 0.279 e. The molecule has 0 bridgehead atoms. The molecule has 3 N–H and O–H groups in total. The van der Waals surface area contributed by atoms with E-state index in [4.69, 9.17) is 4.74 Å². The van der Waals surface area contributed by atoms with Crippen LogP contribution in [0.4, 0.5) is 5.69 Å². The molecule has 7 heteroatoms. The summed E-state index contributed by atoms with van der Waals surface area (Å²) in [5.74, 6) is -0.152. The first kappa shape index (κ1) is 18.8. The van der Waals surface area contributed by atoms with Crippen LogP contribution >= 0.6 is 11.8 Å². The van der Waals surface area contributed by atoms with Crippen molar-refractivity contribution in [2.75, 3.05) is 44.9 Å². The predicted octanol–water partition coefficient (Wildman–Crippen LogP) is 0.157. The lowest BCUT2D eigenvalue weighted by atomic mass is 10.2. The predicted molar refractivity (Wildman–Crippen MR) is 95.5 cm³/mol. The summed E-state index contributed by atoms with van der Waals surface area (Å²) in [6.45, 7) is 1.85. The largest absolute Gasteiger partial charge is 0.376 e. The molecule has 0 aromatic heterocycles. The number of nitrogens with one attached hydrogen (secondary N) is 3. The fourth-order valence-corrected chi connectivity index (χ4v) is 3.20. The van der Waals surface area contributed by atoms with Crippen LogP contribution in [0.1, 0.15) is 12.8 Å². The molecule has 2 amide bonds. The van der Waals surface area contributed by atoms with Crippen molar-refractivity contribution in [1.82, 2.24) is 5.32 Å². The van der Waals surface area contributed by atoms with Crippen LogP contribution in [0.5, 0.6) is 0 Å². The zero-order valence-corrected chi connectivity index (χ0v) is 15.1. The summed E-state index contributed by atoms with van der Waals surface area (Å²) in [5.41, 5.74) is 0.811. The summed E-state index contributed by atoms with van der Waals surface area (Å²) >= 11 is 1.59. The Kier molecular flexibility index (Phi) is 7.55. The van der Waals surface area contributed by atoms with Crippen molar-refractivity contribution >= 4 is 29.3 Å². The van der Waals surface area contributed by atoms with Gasteiger partial charge < -0.3 is 20.3 Å². The fraction of sp³-hybridized carbons (Fsp3) is 0.529. The standard InChI is InChI=1S/C17H25N3O3S/c1-20(11-16(21)18-10-13-6-5-9-23-13)12-17(22)19-14-7-3-4-8-15(14)24-2/h3-4,7-8,13H,5-6,9-12H2,1-2H3,(H,18,21)(H,19,22)/p+1/t13-/m0/s1. The molecule has 6 nitrogen and oxygen atoms in total. The number of hydrogen-bond donors (Lipinski definition) is 3. The summed E-state index contributed by atoms with van der Waals surface area (Å²) in [7, 11) is 1.84. The van der Waals surface area contributed by atoms with Gasteiger partial charge in [-0.15, -0.1) is 11.8 Å². The monoisotopic (exact) mass is 352 g/mol. The van der Waals surface area contributed by atoms with Crippen LogP contribution in [-0.4, -0.2) is 57.5 Å². The van der Waals surface area contributed by atoms with E-state index in [0.717, 1.165) is 34.9 Å². The second-order valence-corrected chi connectivity index (χ2v) is 6.85. The zero-order chi connectivity index (χ0) is 17.4. The molecular formula is C17H26N3O3S+. The van der Waals surface area contributed by atoms with E-state index in [-0.39, 0.29) is 31.0 Å². The van der Waals surface area contributed by atoms with Gasteiger partial charge in [-0.05, 0) is 31.2 Å². The summed E-state index contributed by atoms with van der Waals surface area (Å²) < 4.78 is 5.47. The molecule has 132 valence electrons. The summed E-state index contributed by atoms with van der Waals surface area (Å²) in [6.07, 6.45) is 4.17. The molecule has 2 atom stereocenters. The van der Waals surface area contributed by atoms with Gasteiger partial charge in [0.1, 0.15) is 0 Å². The average Bonchev–Trinajstić information content (AvgIpc) is 3.06. The second kappa shape index (κ2) is 9.66. The third kappa shape index (κ3) is 6.14. The Labute approximate surface area is 147 Å². The number of para-hydroxylation sites is 1. The number of amides is 2. The molecule has 1 aromatic carbocycles. The minimum absolute atomic E-state index is 0.0553. The van der Waals surface area contributed by atoms with Gasteiger partial charge in [-0.3, -0.25) is 9.59 Å². The van der Waals surface area contributed by atoms with Gasteiger partial charge >= 0.3 is 0 Å². The topological polar surface area (TPSA) is 71.9 Å². The quantitative estimate of drug-likeness (QED) is 0.583. The lowest BCUT2D eigenvalue weighted by Gasteiger charge is -2.15. The van der Waals surface area contributed by atoms with E-state index in [2.05, 4.69) is 10.6 Å². The first-order valence-corrected chi connectivity index (χ1v) is 9.43. The van der Waals surface area contributed by atoms with Gasteiger partial charge in [0.2, 0.25) is 0 Å². The van der Waals surface area contributed by atoms with Crippen LogP contribution in [0, 0.1) is 0 Å². The van der Waals surface area contributed by atoms with E-state index in [0.29, 0.717) is 6.54 Å². The van der Waals surface area contributed by atoms with Gasteiger partial charge in [0.25, 0.3) is 11.8 Å². The summed E-state index contributed by atoms with van der Waals surface area (Å²) in [6, 6.07) is 7.68. The van der Waals surface area contributed by atoms with E-state index in [1.165, 1.54) is 0 Å². The van der Waals surface area contributed by atoms with Crippen LogP contribution in [0.2, 0.25) is 0 Å². The molecule has 0 saturated carbocycles. The van der Waals surface area contributed by atoms with Crippen LogP contribution in [0.25, 0.3) is 0 Å². The Morgan fingerprint density at radius 1 is 1.29 bits per heavy atom. The van der Waals surface area contributed by atoms with Gasteiger partial charge in [-0.1, -0.05) is 12.1 Å². The van der Waals surface area contributed by atoms with Crippen LogP contribution in [-0.2, 0) is 14.3 Å². The molecule has 1 aliphatic heterocycles. The molecule has 1 aromatic rings. The van der Waals surface area contributed by atoms with Gasteiger partial charge in [-0.25, -0.2) is 0 Å². The van der Waals surface area contributed by atoms with E-state index >= 15 is 0 Å². The van der Waals surface area contributed by atoms with Gasteiger partial charge in [0, 0.05) is 18.0 Å². The van der Waals surface area contributed by atoms with E-state index in [1.54, 1.807) is 11.8 Å². The first-order chi connectivity index (χ1) is 11.6. The van der Waals surface area contributed by atoms with E-state index in [1.807, 2.05) is 37.6 Å². The normalized spacial score (nSPS) is 18.2. The maximum absolute atomic E-state index is 12.1. The summed E-state index contributed by atoms with van der Waals surface area (Å²) in [5, 5.41) is 5.79. The maximum atomic E-state index is 12.1. The number of rotatable bonds is 8. The Morgan fingerprint density at radius 3 is 2.75 bits per heavy atom. The SMILES string of the molecule is CSc1ccccc1NC(=O)C[NH+](C)CC(=O)NC[C@@H]1CCCO1. The molecule has 0 radical (unpaired) electrons.